The molecular weight excluding hydrogens is 432 g/mol. The summed E-state index contributed by atoms with van der Waals surface area (Å²) in [5.41, 5.74) is 4.38. The lowest BCUT2D eigenvalue weighted by Crippen LogP contribution is -2.47. The topological polar surface area (TPSA) is 66.4 Å². The number of ether oxygens (including phenoxy) is 5. The van der Waals surface area contributed by atoms with Crippen LogP contribution in [0.4, 0.5) is 0 Å². The molecule has 1 aliphatic carbocycles. The van der Waals surface area contributed by atoms with Gasteiger partial charge < -0.3 is 28.8 Å². The van der Waals surface area contributed by atoms with Crippen LogP contribution in [0.25, 0.3) is 11.1 Å². The Morgan fingerprint density at radius 3 is 2.21 bits per heavy atom. The molecule has 0 saturated heterocycles. The average molecular weight is 461 g/mol. The molecule has 0 saturated carbocycles. The summed E-state index contributed by atoms with van der Waals surface area (Å²) < 4.78 is 29.4. The third kappa shape index (κ3) is 3.25. The molecule has 0 amide bonds. The molecule has 3 aromatic carbocycles. The van der Waals surface area contributed by atoms with E-state index in [2.05, 4.69) is 0 Å². The number of hydrogen-bond acceptors (Lipinski definition) is 6. The standard InChI is InChI=1S/C28H28O6/c1-5-33-28-26(25-21(32-4)15-20(31-3)16-22(25)34-28)23(18-11-13-19(30-2)14-12-18)24(27(28)29)17-9-7-6-8-10-17/h6-16,24,27,29H,5H2,1-4H3/t24-,27-,28-/m0/s1. The summed E-state index contributed by atoms with van der Waals surface area (Å²) in [6.07, 6.45) is -0.995. The summed E-state index contributed by atoms with van der Waals surface area (Å²) in [6.45, 7) is 2.25. The number of fused-ring (bicyclic) bond motifs is 3. The monoisotopic (exact) mass is 460 g/mol. The molecule has 0 radical (unpaired) electrons. The fraction of sp³-hybridized carbons (Fsp3) is 0.286. The second-order valence-corrected chi connectivity index (χ2v) is 8.26. The van der Waals surface area contributed by atoms with Gasteiger partial charge in [0, 0.05) is 30.2 Å². The summed E-state index contributed by atoms with van der Waals surface area (Å²) in [5, 5.41) is 11.9. The molecule has 1 aliphatic heterocycles. The average Bonchev–Trinajstić information content (AvgIpc) is 3.33. The van der Waals surface area contributed by atoms with Crippen LogP contribution in [0.3, 0.4) is 0 Å². The fourth-order valence-electron chi connectivity index (χ4n) is 5.13. The van der Waals surface area contributed by atoms with Gasteiger partial charge in [0.05, 0.1) is 26.9 Å². The molecule has 0 unspecified atom stereocenters. The summed E-state index contributed by atoms with van der Waals surface area (Å²) in [6, 6.07) is 21.4. The first-order valence-corrected chi connectivity index (χ1v) is 11.3. The van der Waals surface area contributed by atoms with Crippen molar-refractivity contribution in [1.29, 1.82) is 0 Å². The number of methoxy groups -OCH3 is 3. The van der Waals surface area contributed by atoms with E-state index >= 15 is 0 Å². The molecular formula is C28H28O6. The van der Waals surface area contributed by atoms with Crippen LogP contribution in [0.15, 0.2) is 66.7 Å². The molecule has 3 aromatic rings. The minimum Gasteiger partial charge on any atom is -0.497 e. The summed E-state index contributed by atoms with van der Waals surface area (Å²) in [5.74, 6) is 0.741. The van der Waals surface area contributed by atoms with E-state index in [1.54, 1.807) is 27.4 Å². The second kappa shape index (κ2) is 8.70. The van der Waals surface area contributed by atoms with Crippen molar-refractivity contribution in [2.45, 2.75) is 24.7 Å². The van der Waals surface area contributed by atoms with Crippen LogP contribution in [-0.4, -0.2) is 44.9 Å². The molecule has 0 bridgehead atoms. The van der Waals surface area contributed by atoms with Crippen molar-refractivity contribution in [3.63, 3.8) is 0 Å². The fourth-order valence-corrected chi connectivity index (χ4v) is 5.13. The lowest BCUT2D eigenvalue weighted by atomic mass is 9.85. The Bertz CT molecular complexity index is 1220. The van der Waals surface area contributed by atoms with Crippen molar-refractivity contribution in [2.75, 3.05) is 27.9 Å². The molecule has 1 N–H and O–H groups in total. The van der Waals surface area contributed by atoms with E-state index < -0.39 is 11.9 Å². The van der Waals surface area contributed by atoms with Crippen LogP contribution in [0.1, 0.15) is 29.5 Å². The van der Waals surface area contributed by atoms with Gasteiger partial charge in [-0.05, 0) is 35.8 Å². The first-order valence-electron chi connectivity index (χ1n) is 11.3. The number of benzene rings is 3. The van der Waals surface area contributed by atoms with Crippen molar-refractivity contribution >= 4 is 11.1 Å². The molecule has 0 spiro atoms. The van der Waals surface area contributed by atoms with Gasteiger partial charge in [-0.2, -0.15) is 0 Å². The highest BCUT2D eigenvalue weighted by molar-refractivity contribution is 6.04. The minimum atomic E-state index is -1.38. The van der Waals surface area contributed by atoms with Crippen LogP contribution in [0.2, 0.25) is 0 Å². The maximum atomic E-state index is 11.9. The Kier molecular flexibility index (Phi) is 5.71. The van der Waals surface area contributed by atoms with Gasteiger partial charge >= 0.3 is 0 Å². The number of rotatable bonds is 7. The predicted octanol–water partition coefficient (Wildman–Crippen LogP) is 4.91. The van der Waals surface area contributed by atoms with Crippen LogP contribution < -0.4 is 18.9 Å². The minimum absolute atomic E-state index is 0.353. The molecule has 2 aliphatic rings. The normalized spacial score (nSPS) is 22.7. The molecule has 0 fully saturated rings. The van der Waals surface area contributed by atoms with E-state index in [1.165, 1.54) is 0 Å². The zero-order valence-electron chi connectivity index (χ0n) is 19.7. The van der Waals surface area contributed by atoms with Crippen molar-refractivity contribution in [3.8, 4) is 23.0 Å². The van der Waals surface area contributed by atoms with Crippen molar-refractivity contribution in [3.05, 3.63) is 83.4 Å². The predicted molar refractivity (Wildman–Crippen MR) is 130 cm³/mol. The van der Waals surface area contributed by atoms with Crippen LogP contribution >= 0.6 is 0 Å². The van der Waals surface area contributed by atoms with Gasteiger partial charge in [0.15, 0.2) is 0 Å². The van der Waals surface area contributed by atoms with Gasteiger partial charge in [-0.1, -0.05) is 42.5 Å². The van der Waals surface area contributed by atoms with Crippen molar-refractivity contribution in [1.82, 2.24) is 0 Å². The largest absolute Gasteiger partial charge is 0.497 e. The lowest BCUT2D eigenvalue weighted by molar-refractivity contribution is -0.186. The Balaban J connectivity index is 1.85. The van der Waals surface area contributed by atoms with E-state index in [1.807, 2.05) is 67.6 Å². The zero-order valence-corrected chi connectivity index (χ0v) is 19.7. The summed E-state index contributed by atoms with van der Waals surface area (Å²) in [4.78, 5) is 0. The van der Waals surface area contributed by atoms with Gasteiger partial charge in [-0.3, -0.25) is 0 Å². The van der Waals surface area contributed by atoms with Gasteiger partial charge in [0.25, 0.3) is 5.79 Å². The van der Waals surface area contributed by atoms with Gasteiger partial charge in [-0.15, -0.1) is 0 Å². The third-order valence-electron chi connectivity index (χ3n) is 6.56. The first kappa shape index (κ1) is 22.3. The Morgan fingerprint density at radius 1 is 0.882 bits per heavy atom. The molecule has 176 valence electrons. The SMILES string of the molecule is CCO[C@]12Oc3cc(OC)cc(OC)c3C1=C(c1ccc(OC)cc1)[C@H](c1ccccc1)[C@@H]2O. The summed E-state index contributed by atoms with van der Waals surface area (Å²) in [7, 11) is 4.85. The Labute approximate surface area is 199 Å². The highest BCUT2D eigenvalue weighted by Gasteiger charge is 2.62. The molecule has 6 nitrogen and oxygen atoms in total. The summed E-state index contributed by atoms with van der Waals surface area (Å²) >= 11 is 0. The highest BCUT2D eigenvalue weighted by atomic mass is 16.7. The molecule has 5 rings (SSSR count). The Morgan fingerprint density at radius 2 is 1.59 bits per heavy atom. The maximum Gasteiger partial charge on any atom is 0.265 e. The van der Waals surface area contributed by atoms with E-state index in [0.29, 0.717) is 23.9 Å². The van der Waals surface area contributed by atoms with Gasteiger partial charge in [0.2, 0.25) is 0 Å². The van der Waals surface area contributed by atoms with Crippen molar-refractivity contribution in [2.24, 2.45) is 0 Å². The van der Waals surface area contributed by atoms with Gasteiger partial charge in [0.1, 0.15) is 29.1 Å². The van der Waals surface area contributed by atoms with Crippen molar-refractivity contribution < 1.29 is 28.8 Å². The molecule has 1 heterocycles. The lowest BCUT2D eigenvalue weighted by Gasteiger charge is -2.32. The molecule has 6 heteroatoms. The number of hydrogen-bond donors (Lipinski definition) is 1. The van der Waals surface area contributed by atoms with E-state index in [9.17, 15) is 5.11 Å². The van der Waals surface area contributed by atoms with E-state index in [-0.39, 0.29) is 5.92 Å². The zero-order chi connectivity index (χ0) is 23.9. The second-order valence-electron chi connectivity index (χ2n) is 8.26. The quantitative estimate of drug-likeness (QED) is 0.541. The Hall–Kier alpha value is -3.48. The molecule has 3 atom stereocenters. The van der Waals surface area contributed by atoms with E-state index in [4.69, 9.17) is 23.7 Å². The molecule has 34 heavy (non-hydrogen) atoms. The van der Waals surface area contributed by atoms with Crippen LogP contribution in [0, 0.1) is 0 Å². The maximum absolute atomic E-state index is 11.9. The van der Waals surface area contributed by atoms with Gasteiger partial charge in [-0.25, -0.2) is 0 Å². The highest BCUT2D eigenvalue weighted by Crippen LogP contribution is 2.63. The smallest absolute Gasteiger partial charge is 0.265 e. The van der Waals surface area contributed by atoms with E-state index in [0.717, 1.165) is 33.6 Å². The first-order chi connectivity index (χ1) is 16.6. The number of aliphatic hydroxyl groups excluding tert-OH is 1. The number of aliphatic hydroxyl groups is 1. The molecule has 0 aromatic heterocycles. The van der Waals surface area contributed by atoms with Crippen LogP contribution in [-0.2, 0) is 4.74 Å². The third-order valence-corrected chi connectivity index (χ3v) is 6.56. The van der Waals surface area contributed by atoms with Crippen LogP contribution in [0.5, 0.6) is 23.0 Å².